The van der Waals surface area contributed by atoms with Gasteiger partial charge in [0.05, 0.1) is 6.61 Å². The van der Waals surface area contributed by atoms with Gasteiger partial charge >= 0.3 is 6.01 Å². The van der Waals surface area contributed by atoms with Crippen LogP contribution in [-0.4, -0.2) is 21.6 Å². The van der Waals surface area contributed by atoms with E-state index in [9.17, 15) is 0 Å². The minimum atomic E-state index is 0.136. The number of ether oxygens (including phenoxy) is 1. The predicted molar refractivity (Wildman–Crippen MR) is 114 cm³/mol. The van der Waals surface area contributed by atoms with E-state index in [0.717, 1.165) is 17.5 Å². The number of nitrogens with zero attached hydrogens (tertiary/aromatic N) is 3. The molecule has 3 unspecified atom stereocenters. The maximum absolute atomic E-state index is 6.12. The van der Waals surface area contributed by atoms with Crippen molar-refractivity contribution in [2.75, 3.05) is 11.9 Å². The quantitative estimate of drug-likeness (QED) is 0.560. The zero-order valence-corrected chi connectivity index (χ0v) is 17.6. The first-order valence-corrected chi connectivity index (χ1v) is 11.0. The Bertz CT molecular complexity index is 1020. The van der Waals surface area contributed by atoms with Crippen LogP contribution in [0.3, 0.4) is 0 Å². The van der Waals surface area contributed by atoms with Gasteiger partial charge in [0, 0.05) is 10.4 Å². The summed E-state index contributed by atoms with van der Waals surface area (Å²) in [5.74, 6) is 2.59. The second kappa shape index (κ2) is 6.85. The topological polar surface area (TPSA) is 59.9 Å². The summed E-state index contributed by atoms with van der Waals surface area (Å²) in [6.45, 7) is 5.43. The molecular weight excluding hydrogens is 392 g/mol. The fourth-order valence-corrected chi connectivity index (χ4v) is 5.94. The SMILES string of the molecule is CC1(C)C2CCC(COc3nc(Cl)nc(Nc4ccc5ccsc5c4)n3)C1C2. The highest BCUT2D eigenvalue weighted by Crippen LogP contribution is 2.61. The van der Waals surface area contributed by atoms with Crippen LogP contribution in [0.4, 0.5) is 11.6 Å². The molecule has 3 aliphatic rings. The molecule has 7 heteroatoms. The van der Waals surface area contributed by atoms with E-state index in [1.807, 2.05) is 6.07 Å². The summed E-state index contributed by atoms with van der Waals surface area (Å²) < 4.78 is 7.17. The maximum Gasteiger partial charge on any atom is 0.322 e. The van der Waals surface area contributed by atoms with Gasteiger partial charge in [0.15, 0.2) is 0 Å². The van der Waals surface area contributed by atoms with Crippen LogP contribution in [-0.2, 0) is 0 Å². The second-order valence-corrected chi connectivity index (χ2v) is 9.80. The zero-order valence-electron chi connectivity index (χ0n) is 16.0. The fourth-order valence-electron chi connectivity index (χ4n) is 4.96. The molecule has 146 valence electrons. The number of halogens is 1. The van der Waals surface area contributed by atoms with Crippen LogP contribution in [0.15, 0.2) is 29.6 Å². The molecule has 0 spiro atoms. The van der Waals surface area contributed by atoms with Gasteiger partial charge in [0.1, 0.15) is 0 Å². The number of aromatic nitrogens is 3. The molecule has 6 rings (SSSR count). The van der Waals surface area contributed by atoms with Crippen molar-refractivity contribution >= 4 is 44.7 Å². The van der Waals surface area contributed by atoms with Crippen LogP contribution in [0, 0.1) is 23.2 Å². The average molecular weight is 415 g/mol. The molecule has 0 amide bonds. The molecule has 2 bridgehead atoms. The number of thiophene rings is 1. The van der Waals surface area contributed by atoms with Gasteiger partial charge in [-0.2, -0.15) is 15.0 Å². The van der Waals surface area contributed by atoms with Gasteiger partial charge in [-0.3, -0.25) is 0 Å². The summed E-state index contributed by atoms with van der Waals surface area (Å²) in [5.41, 5.74) is 1.36. The molecule has 3 atom stereocenters. The second-order valence-electron chi connectivity index (χ2n) is 8.52. The number of nitrogens with one attached hydrogen (secondary N) is 1. The average Bonchev–Trinajstić information content (AvgIpc) is 3.14. The summed E-state index contributed by atoms with van der Waals surface area (Å²) in [6.07, 6.45) is 3.86. The van der Waals surface area contributed by atoms with E-state index in [1.165, 1.54) is 29.3 Å². The van der Waals surface area contributed by atoms with Crippen molar-refractivity contribution in [1.82, 2.24) is 15.0 Å². The lowest BCUT2D eigenvalue weighted by atomic mass is 9.46. The first kappa shape index (κ1) is 18.1. The fraction of sp³-hybridized carbons (Fsp3) is 0.476. The van der Waals surface area contributed by atoms with Crippen molar-refractivity contribution in [2.24, 2.45) is 23.2 Å². The lowest BCUT2D eigenvalue weighted by molar-refractivity contribution is -0.114. The van der Waals surface area contributed by atoms with E-state index < -0.39 is 0 Å². The van der Waals surface area contributed by atoms with E-state index in [-0.39, 0.29) is 5.28 Å². The lowest BCUT2D eigenvalue weighted by Gasteiger charge is -2.60. The molecule has 1 aromatic carbocycles. The molecule has 28 heavy (non-hydrogen) atoms. The molecule has 2 aromatic heterocycles. The Hall–Kier alpha value is -1.92. The van der Waals surface area contributed by atoms with Crippen molar-refractivity contribution in [3.63, 3.8) is 0 Å². The minimum Gasteiger partial charge on any atom is -0.463 e. The molecule has 3 saturated carbocycles. The Morgan fingerprint density at radius 2 is 2.11 bits per heavy atom. The van der Waals surface area contributed by atoms with Gasteiger partial charge < -0.3 is 10.1 Å². The Morgan fingerprint density at radius 1 is 1.21 bits per heavy atom. The van der Waals surface area contributed by atoms with Gasteiger partial charge in [0.2, 0.25) is 11.2 Å². The van der Waals surface area contributed by atoms with Crippen molar-refractivity contribution < 1.29 is 4.74 Å². The van der Waals surface area contributed by atoms with E-state index in [2.05, 4.69) is 57.7 Å². The zero-order chi connectivity index (χ0) is 19.3. The first-order valence-electron chi connectivity index (χ1n) is 9.78. The standard InChI is InChI=1S/C21H23ClN4OS/c1-21(2)14-5-3-13(16(21)9-14)11-27-20-25-18(22)24-19(26-20)23-15-6-4-12-7-8-28-17(12)10-15/h4,6-8,10,13-14,16H,3,5,9,11H2,1-2H3,(H,23,24,25,26). The first-order chi connectivity index (χ1) is 13.5. The highest BCUT2D eigenvalue weighted by Gasteiger charge is 2.54. The third kappa shape index (κ3) is 3.22. The van der Waals surface area contributed by atoms with Crippen LogP contribution < -0.4 is 10.1 Å². The number of anilines is 2. The van der Waals surface area contributed by atoms with Gasteiger partial charge in [0.25, 0.3) is 0 Å². The van der Waals surface area contributed by atoms with E-state index in [1.54, 1.807) is 11.3 Å². The van der Waals surface area contributed by atoms with Crippen LogP contribution in [0.2, 0.25) is 5.28 Å². The molecule has 5 nitrogen and oxygen atoms in total. The number of benzene rings is 1. The lowest BCUT2D eigenvalue weighted by Crippen LogP contribution is -2.53. The molecule has 0 aliphatic heterocycles. The Labute approximate surface area is 173 Å². The van der Waals surface area contributed by atoms with E-state index in [4.69, 9.17) is 16.3 Å². The van der Waals surface area contributed by atoms with Gasteiger partial charge in [-0.05, 0) is 83.0 Å². The maximum atomic E-state index is 6.12. The van der Waals surface area contributed by atoms with Gasteiger partial charge in [-0.15, -0.1) is 11.3 Å². The third-order valence-corrected chi connectivity index (χ3v) is 7.78. The predicted octanol–water partition coefficient (Wildman–Crippen LogP) is 5.93. The molecule has 3 aromatic rings. The number of hydrogen-bond acceptors (Lipinski definition) is 6. The van der Waals surface area contributed by atoms with Crippen LogP contribution >= 0.6 is 22.9 Å². The minimum absolute atomic E-state index is 0.136. The molecule has 3 fully saturated rings. The van der Waals surface area contributed by atoms with Crippen molar-refractivity contribution in [2.45, 2.75) is 33.1 Å². The van der Waals surface area contributed by atoms with Gasteiger partial charge in [-0.25, -0.2) is 0 Å². The third-order valence-electron chi connectivity index (χ3n) is 6.73. The molecule has 0 radical (unpaired) electrons. The van der Waals surface area contributed by atoms with Crippen molar-refractivity contribution in [3.05, 3.63) is 34.9 Å². The van der Waals surface area contributed by atoms with Crippen molar-refractivity contribution in [1.29, 1.82) is 0 Å². The largest absolute Gasteiger partial charge is 0.463 e. The Kier molecular flexibility index (Phi) is 4.43. The van der Waals surface area contributed by atoms with Crippen LogP contribution in [0.5, 0.6) is 6.01 Å². The smallest absolute Gasteiger partial charge is 0.322 e. The molecule has 2 heterocycles. The molecular formula is C21H23ClN4OS. The number of fused-ring (bicyclic) bond motifs is 3. The molecule has 1 N–H and O–H groups in total. The number of hydrogen-bond donors (Lipinski definition) is 1. The summed E-state index contributed by atoms with van der Waals surface area (Å²) in [6, 6.07) is 8.55. The summed E-state index contributed by atoms with van der Waals surface area (Å²) in [5, 5.41) is 6.66. The van der Waals surface area contributed by atoms with E-state index in [0.29, 0.717) is 29.9 Å². The number of rotatable bonds is 5. The molecule has 0 saturated heterocycles. The van der Waals surface area contributed by atoms with E-state index >= 15 is 0 Å². The normalized spacial score (nSPS) is 25.3. The Morgan fingerprint density at radius 3 is 2.93 bits per heavy atom. The summed E-state index contributed by atoms with van der Waals surface area (Å²) >= 11 is 7.82. The molecule has 3 aliphatic carbocycles. The summed E-state index contributed by atoms with van der Waals surface area (Å²) in [4.78, 5) is 12.8. The monoisotopic (exact) mass is 414 g/mol. The highest BCUT2D eigenvalue weighted by molar-refractivity contribution is 7.17. The Balaban J connectivity index is 1.29. The van der Waals surface area contributed by atoms with Gasteiger partial charge in [-0.1, -0.05) is 19.9 Å². The highest BCUT2D eigenvalue weighted by atomic mass is 35.5. The summed E-state index contributed by atoms with van der Waals surface area (Å²) in [7, 11) is 0. The van der Waals surface area contributed by atoms with Crippen LogP contribution in [0.25, 0.3) is 10.1 Å². The van der Waals surface area contributed by atoms with Crippen LogP contribution in [0.1, 0.15) is 33.1 Å². The van der Waals surface area contributed by atoms with Crippen molar-refractivity contribution in [3.8, 4) is 6.01 Å².